The van der Waals surface area contributed by atoms with Gasteiger partial charge in [-0.3, -0.25) is 4.98 Å². The second kappa shape index (κ2) is 6.88. The Labute approximate surface area is 153 Å². The van der Waals surface area contributed by atoms with Crippen molar-refractivity contribution in [3.05, 3.63) is 59.1 Å². The zero-order valence-electron chi connectivity index (χ0n) is 13.0. The molecule has 0 aliphatic rings. The number of alkyl halides is 3. The maximum Gasteiger partial charge on any atom is 0.512 e. The fourth-order valence-corrected chi connectivity index (χ4v) is 2.53. The standard InChI is InChI=1S/C16H8ClF4N3O3/c17-9-3-8(4-10(18)5-9)12-7-14(27-15(25)26)23-24(12)11-1-2-22-13(6-11)16(19,20)21/h1-7H,(H,25,26). The molecule has 1 N–H and O–H groups in total. The Bertz CT molecular complexity index is 1000. The third-order valence-electron chi connectivity index (χ3n) is 3.32. The van der Waals surface area contributed by atoms with Gasteiger partial charge >= 0.3 is 12.3 Å². The highest BCUT2D eigenvalue weighted by Gasteiger charge is 2.33. The van der Waals surface area contributed by atoms with E-state index in [0.29, 0.717) is 6.07 Å². The third kappa shape index (κ3) is 4.17. The summed E-state index contributed by atoms with van der Waals surface area (Å²) in [6, 6.07) is 6.50. The number of rotatable bonds is 3. The molecular weight excluding hydrogens is 394 g/mol. The van der Waals surface area contributed by atoms with Gasteiger partial charge in [0.25, 0.3) is 0 Å². The summed E-state index contributed by atoms with van der Waals surface area (Å²) < 4.78 is 57.9. The highest BCUT2D eigenvalue weighted by molar-refractivity contribution is 6.30. The lowest BCUT2D eigenvalue weighted by Gasteiger charge is -2.10. The molecule has 3 aromatic rings. The Morgan fingerprint density at radius 1 is 1.19 bits per heavy atom. The van der Waals surface area contributed by atoms with Crippen molar-refractivity contribution in [3.63, 3.8) is 0 Å². The predicted octanol–water partition coefficient (Wildman–Crippen LogP) is 4.80. The minimum Gasteiger partial charge on any atom is -0.449 e. The smallest absolute Gasteiger partial charge is 0.449 e. The first kappa shape index (κ1) is 18.6. The molecule has 0 radical (unpaired) electrons. The summed E-state index contributed by atoms with van der Waals surface area (Å²) in [4.78, 5) is 14.0. The highest BCUT2D eigenvalue weighted by Crippen LogP contribution is 2.32. The molecule has 11 heteroatoms. The number of aromatic nitrogens is 3. The van der Waals surface area contributed by atoms with E-state index >= 15 is 0 Å². The van der Waals surface area contributed by atoms with E-state index in [1.807, 2.05) is 0 Å². The van der Waals surface area contributed by atoms with Crippen molar-refractivity contribution in [2.45, 2.75) is 6.18 Å². The molecule has 140 valence electrons. The Morgan fingerprint density at radius 2 is 1.93 bits per heavy atom. The van der Waals surface area contributed by atoms with Crippen LogP contribution in [-0.2, 0) is 6.18 Å². The maximum atomic E-state index is 13.7. The zero-order chi connectivity index (χ0) is 19.8. The monoisotopic (exact) mass is 401 g/mol. The molecule has 3 rings (SSSR count). The van der Waals surface area contributed by atoms with Gasteiger partial charge in [0.1, 0.15) is 11.5 Å². The summed E-state index contributed by atoms with van der Waals surface area (Å²) >= 11 is 5.82. The second-order valence-corrected chi connectivity index (χ2v) is 5.64. The van der Waals surface area contributed by atoms with Crippen molar-refractivity contribution in [3.8, 4) is 22.8 Å². The molecular formula is C16H8ClF4N3O3. The second-order valence-electron chi connectivity index (χ2n) is 5.20. The Balaban J connectivity index is 2.19. The zero-order valence-corrected chi connectivity index (χ0v) is 13.8. The van der Waals surface area contributed by atoms with E-state index in [0.717, 1.165) is 29.1 Å². The van der Waals surface area contributed by atoms with Gasteiger partial charge in [0.15, 0.2) is 0 Å². The summed E-state index contributed by atoms with van der Waals surface area (Å²) in [7, 11) is 0. The van der Waals surface area contributed by atoms with Gasteiger partial charge in [-0.1, -0.05) is 11.6 Å². The van der Waals surface area contributed by atoms with Gasteiger partial charge in [0.2, 0.25) is 5.88 Å². The van der Waals surface area contributed by atoms with E-state index in [9.17, 15) is 22.4 Å². The van der Waals surface area contributed by atoms with Crippen LogP contribution in [0.15, 0.2) is 42.6 Å². The van der Waals surface area contributed by atoms with Gasteiger partial charge in [-0.05, 0) is 30.3 Å². The molecule has 0 aliphatic heterocycles. The van der Waals surface area contributed by atoms with Crippen molar-refractivity contribution in [1.29, 1.82) is 0 Å². The topological polar surface area (TPSA) is 77.2 Å². The SMILES string of the molecule is O=C(O)Oc1cc(-c2cc(F)cc(Cl)c2)n(-c2ccnc(C(F)(F)F)c2)n1. The number of nitrogens with zero attached hydrogens (tertiary/aromatic N) is 3. The summed E-state index contributed by atoms with van der Waals surface area (Å²) in [5.41, 5.74) is -1.06. The van der Waals surface area contributed by atoms with E-state index in [1.54, 1.807) is 0 Å². The quantitative estimate of drug-likeness (QED) is 0.504. The van der Waals surface area contributed by atoms with Crippen LogP contribution < -0.4 is 4.74 Å². The largest absolute Gasteiger partial charge is 0.512 e. The predicted molar refractivity (Wildman–Crippen MR) is 85.4 cm³/mol. The normalized spacial score (nSPS) is 11.4. The van der Waals surface area contributed by atoms with E-state index in [1.165, 1.54) is 12.1 Å². The summed E-state index contributed by atoms with van der Waals surface area (Å²) in [5, 5.41) is 12.6. The number of ether oxygens (including phenoxy) is 1. The van der Waals surface area contributed by atoms with Crippen molar-refractivity contribution >= 4 is 17.8 Å². The van der Waals surface area contributed by atoms with Crippen molar-refractivity contribution < 1.29 is 32.2 Å². The number of benzene rings is 1. The lowest BCUT2D eigenvalue weighted by molar-refractivity contribution is -0.141. The van der Waals surface area contributed by atoms with E-state index in [-0.39, 0.29) is 22.0 Å². The molecule has 0 saturated carbocycles. The van der Waals surface area contributed by atoms with Gasteiger partial charge in [-0.15, -0.1) is 5.10 Å². The number of halogens is 5. The van der Waals surface area contributed by atoms with Crippen molar-refractivity contribution in [2.24, 2.45) is 0 Å². The third-order valence-corrected chi connectivity index (χ3v) is 3.53. The molecule has 0 amide bonds. The van der Waals surface area contributed by atoms with Gasteiger partial charge in [-0.2, -0.15) is 13.2 Å². The number of hydrogen-bond acceptors (Lipinski definition) is 4. The lowest BCUT2D eigenvalue weighted by Crippen LogP contribution is -2.10. The van der Waals surface area contributed by atoms with Crippen LogP contribution in [0.25, 0.3) is 16.9 Å². The molecule has 0 unspecified atom stereocenters. The molecule has 0 aliphatic carbocycles. The van der Waals surface area contributed by atoms with Crippen LogP contribution in [-0.4, -0.2) is 26.0 Å². The average Bonchev–Trinajstić information content (AvgIpc) is 2.96. The van der Waals surface area contributed by atoms with Gasteiger partial charge in [0.05, 0.1) is 11.4 Å². The van der Waals surface area contributed by atoms with Gasteiger partial charge < -0.3 is 9.84 Å². The minimum absolute atomic E-state index is 0.0316. The molecule has 2 aromatic heterocycles. The van der Waals surface area contributed by atoms with Crippen molar-refractivity contribution in [1.82, 2.24) is 14.8 Å². The van der Waals surface area contributed by atoms with Crippen LogP contribution in [0.3, 0.4) is 0 Å². The molecule has 6 nitrogen and oxygen atoms in total. The fourth-order valence-electron chi connectivity index (χ4n) is 2.31. The minimum atomic E-state index is -4.70. The number of pyridine rings is 1. The van der Waals surface area contributed by atoms with E-state index < -0.39 is 29.7 Å². The molecule has 2 heterocycles. The molecule has 0 saturated heterocycles. The van der Waals surface area contributed by atoms with E-state index in [4.69, 9.17) is 16.7 Å². The van der Waals surface area contributed by atoms with Crippen LogP contribution in [0.1, 0.15) is 5.69 Å². The first-order valence-electron chi connectivity index (χ1n) is 7.14. The molecule has 1 aromatic carbocycles. The Hall–Kier alpha value is -3.14. The first-order valence-corrected chi connectivity index (χ1v) is 7.52. The van der Waals surface area contributed by atoms with Crippen LogP contribution in [0.2, 0.25) is 5.02 Å². The van der Waals surface area contributed by atoms with Crippen LogP contribution in [0.4, 0.5) is 22.4 Å². The summed E-state index contributed by atoms with van der Waals surface area (Å²) in [6.45, 7) is 0. The van der Waals surface area contributed by atoms with Gasteiger partial charge in [0, 0.05) is 22.8 Å². The summed E-state index contributed by atoms with van der Waals surface area (Å²) in [6.07, 6.45) is -5.46. The molecule has 0 spiro atoms. The number of carboxylic acid groups (broad SMARTS) is 1. The summed E-state index contributed by atoms with van der Waals surface area (Å²) in [5.74, 6) is -1.11. The number of hydrogen-bond donors (Lipinski definition) is 1. The Morgan fingerprint density at radius 3 is 2.56 bits per heavy atom. The first-order chi connectivity index (χ1) is 12.6. The van der Waals surface area contributed by atoms with E-state index in [2.05, 4.69) is 14.8 Å². The molecule has 27 heavy (non-hydrogen) atoms. The van der Waals surface area contributed by atoms with Crippen LogP contribution >= 0.6 is 11.6 Å². The average molecular weight is 402 g/mol. The highest BCUT2D eigenvalue weighted by atomic mass is 35.5. The van der Waals surface area contributed by atoms with Crippen LogP contribution in [0, 0.1) is 5.82 Å². The number of carbonyl (C=O) groups is 1. The molecule has 0 fully saturated rings. The Kier molecular flexibility index (Phi) is 4.75. The lowest BCUT2D eigenvalue weighted by atomic mass is 10.1. The molecule has 0 atom stereocenters. The van der Waals surface area contributed by atoms with Crippen LogP contribution in [0.5, 0.6) is 5.88 Å². The fraction of sp³-hybridized carbons (Fsp3) is 0.0625. The van der Waals surface area contributed by atoms with Gasteiger partial charge in [-0.25, -0.2) is 13.9 Å². The molecule has 0 bridgehead atoms. The van der Waals surface area contributed by atoms with Crippen molar-refractivity contribution in [2.75, 3.05) is 0 Å². The maximum absolute atomic E-state index is 13.7.